The van der Waals surface area contributed by atoms with E-state index in [0.29, 0.717) is 17.5 Å². The van der Waals surface area contributed by atoms with E-state index in [-0.39, 0.29) is 47.6 Å². The van der Waals surface area contributed by atoms with Gasteiger partial charge in [-0.05, 0) is 68.5 Å². The van der Waals surface area contributed by atoms with E-state index < -0.39 is 34.8 Å². The Balaban J connectivity index is 0.00000338. The molecule has 1 aromatic rings. The van der Waals surface area contributed by atoms with Crippen LogP contribution in [0.2, 0.25) is 0 Å². The Labute approximate surface area is 178 Å². The van der Waals surface area contributed by atoms with Gasteiger partial charge in [0.15, 0.2) is 6.04 Å². The summed E-state index contributed by atoms with van der Waals surface area (Å²) >= 11 is -2.35. The van der Waals surface area contributed by atoms with Gasteiger partial charge in [0.2, 0.25) is 0 Å². The molecule has 9 heteroatoms. The molecule has 0 radical (unpaired) electrons. The molecule has 0 N–H and O–H groups in total. The minimum Gasteiger partial charge on any atom is -0.768 e. The van der Waals surface area contributed by atoms with Crippen molar-refractivity contribution in [1.82, 2.24) is 4.90 Å². The minimum absolute atomic E-state index is 0. The fourth-order valence-electron chi connectivity index (χ4n) is 2.70. The normalized spacial score (nSPS) is 17.6. The number of amides is 1. The molecule has 1 amide bonds. The largest absolute Gasteiger partial charge is 1.00 e. The molecular weight excluding hydrogens is 369 g/mol. The maximum Gasteiger partial charge on any atom is 1.00 e. The summed E-state index contributed by atoms with van der Waals surface area (Å²) in [6, 6.07) is 3.54. The number of fused-ring (bicyclic) bond motifs is 1. The van der Waals surface area contributed by atoms with Crippen molar-refractivity contribution in [1.29, 1.82) is 0 Å². The second kappa shape index (κ2) is 9.32. The van der Waals surface area contributed by atoms with Crippen molar-refractivity contribution in [3.63, 3.8) is 0 Å². The van der Waals surface area contributed by atoms with E-state index in [1.807, 2.05) is 0 Å². The van der Waals surface area contributed by atoms with Crippen LogP contribution in [-0.2, 0) is 31.8 Å². The molecule has 1 aliphatic heterocycles. The fraction of sp³-hybridized carbons (Fsp3) is 0.529. The van der Waals surface area contributed by atoms with Crippen LogP contribution in [0.3, 0.4) is 0 Å². The minimum atomic E-state index is -2.35. The van der Waals surface area contributed by atoms with Crippen molar-refractivity contribution < 1.29 is 57.4 Å². The summed E-state index contributed by atoms with van der Waals surface area (Å²) in [5.74, 6) is -0.565. The smallest absolute Gasteiger partial charge is 0.768 e. The van der Waals surface area contributed by atoms with Crippen LogP contribution in [-0.4, -0.2) is 44.5 Å². The van der Waals surface area contributed by atoms with E-state index in [2.05, 4.69) is 0 Å². The van der Waals surface area contributed by atoms with Crippen LogP contribution in [0.5, 0.6) is 0 Å². The second-order valence-corrected chi connectivity index (χ2v) is 7.61. The summed E-state index contributed by atoms with van der Waals surface area (Å²) < 4.78 is 32.8. The predicted octanol–water partition coefficient (Wildman–Crippen LogP) is -0.674. The molecular formula is C17H22NNaO6S. The number of nitrogens with zero attached hydrogens (tertiary/aromatic N) is 1. The molecule has 0 saturated heterocycles. The molecule has 26 heavy (non-hydrogen) atoms. The molecule has 0 aromatic heterocycles. The van der Waals surface area contributed by atoms with Crippen LogP contribution in [0.1, 0.15) is 44.9 Å². The van der Waals surface area contributed by atoms with E-state index in [1.54, 1.807) is 33.8 Å². The standard InChI is InChI=1S/C17H23NO6S.Na/c1-5-23-15(19)14-13-7-6-12(25(21)22)10-11(13)8-9-18(14)16(20)24-17(2,3)4;/h6-7,10,14H,5,8-9H2,1-4H3,(H,21,22);/q;+1/p-1. The Morgan fingerprint density at radius 1 is 1.35 bits per heavy atom. The van der Waals surface area contributed by atoms with Crippen molar-refractivity contribution >= 4 is 23.1 Å². The maximum atomic E-state index is 12.5. The third-order valence-corrected chi connectivity index (χ3v) is 4.31. The topological polar surface area (TPSA) is 96.0 Å². The number of ether oxygens (including phenoxy) is 2. The number of esters is 1. The first-order valence-electron chi connectivity index (χ1n) is 8.02. The van der Waals surface area contributed by atoms with Gasteiger partial charge in [-0.15, -0.1) is 0 Å². The summed E-state index contributed by atoms with van der Waals surface area (Å²) in [5, 5.41) is 0. The van der Waals surface area contributed by atoms with Crippen LogP contribution in [0, 0.1) is 0 Å². The molecule has 1 aromatic carbocycles. The summed E-state index contributed by atoms with van der Waals surface area (Å²) in [5.41, 5.74) is 0.573. The van der Waals surface area contributed by atoms with Gasteiger partial charge in [-0.2, -0.15) is 0 Å². The first-order chi connectivity index (χ1) is 11.6. The molecule has 0 saturated carbocycles. The Kier molecular flexibility index (Phi) is 8.29. The molecule has 7 nitrogen and oxygen atoms in total. The SMILES string of the molecule is CCOC(=O)C1c2ccc(S(=O)[O-])cc2CCN1C(=O)OC(C)(C)C.[Na+]. The molecule has 1 aliphatic rings. The number of carbonyl (C=O) groups is 2. The van der Waals surface area contributed by atoms with E-state index in [0.717, 1.165) is 0 Å². The molecule has 2 atom stereocenters. The van der Waals surface area contributed by atoms with E-state index >= 15 is 0 Å². The van der Waals surface area contributed by atoms with Gasteiger partial charge in [0, 0.05) is 11.4 Å². The zero-order chi connectivity index (χ0) is 18.8. The summed E-state index contributed by atoms with van der Waals surface area (Å²) in [7, 11) is 0. The third kappa shape index (κ3) is 5.53. The van der Waals surface area contributed by atoms with Gasteiger partial charge < -0.3 is 14.0 Å². The van der Waals surface area contributed by atoms with Crippen LogP contribution in [0.25, 0.3) is 0 Å². The molecule has 2 unspecified atom stereocenters. The predicted molar refractivity (Wildman–Crippen MR) is 89.6 cm³/mol. The monoisotopic (exact) mass is 391 g/mol. The average molecular weight is 391 g/mol. The number of rotatable bonds is 3. The van der Waals surface area contributed by atoms with Gasteiger partial charge in [-0.3, -0.25) is 9.11 Å². The van der Waals surface area contributed by atoms with Crippen molar-refractivity contribution in [3.05, 3.63) is 29.3 Å². The van der Waals surface area contributed by atoms with Crippen LogP contribution < -0.4 is 29.6 Å². The average Bonchev–Trinajstić information content (AvgIpc) is 2.51. The Bertz CT molecular complexity index is 703. The zero-order valence-electron chi connectivity index (χ0n) is 15.7. The van der Waals surface area contributed by atoms with E-state index in [9.17, 15) is 18.4 Å². The molecule has 138 valence electrons. The molecule has 1 heterocycles. The Morgan fingerprint density at radius 3 is 2.54 bits per heavy atom. The summed E-state index contributed by atoms with van der Waals surface area (Å²) in [4.78, 5) is 26.5. The van der Waals surface area contributed by atoms with Crippen molar-refractivity contribution in [2.45, 2.75) is 50.7 Å². The Morgan fingerprint density at radius 2 is 2.00 bits per heavy atom. The van der Waals surface area contributed by atoms with Crippen molar-refractivity contribution in [3.8, 4) is 0 Å². The van der Waals surface area contributed by atoms with Gasteiger partial charge in [-0.1, -0.05) is 6.07 Å². The van der Waals surface area contributed by atoms with Crippen molar-refractivity contribution in [2.24, 2.45) is 0 Å². The summed E-state index contributed by atoms with van der Waals surface area (Å²) in [6.45, 7) is 7.34. The molecule has 0 aliphatic carbocycles. The second-order valence-electron chi connectivity index (χ2n) is 6.67. The van der Waals surface area contributed by atoms with Gasteiger partial charge in [0.05, 0.1) is 6.61 Å². The Hall–Kier alpha value is -0.930. The maximum absolute atomic E-state index is 12.5. The first-order valence-corrected chi connectivity index (χ1v) is 9.10. The number of benzene rings is 1. The van der Waals surface area contributed by atoms with Crippen LogP contribution in [0.15, 0.2) is 23.1 Å². The third-order valence-electron chi connectivity index (χ3n) is 3.67. The van der Waals surface area contributed by atoms with E-state index in [1.165, 1.54) is 17.0 Å². The van der Waals surface area contributed by atoms with Gasteiger partial charge in [-0.25, -0.2) is 9.59 Å². The molecule has 0 fully saturated rings. The van der Waals surface area contributed by atoms with Gasteiger partial charge in [0.1, 0.15) is 5.60 Å². The quantitative estimate of drug-likeness (QED) is 0.385. The first kappa shape index (κ1) is 23.1. The van der Waals surface area contributed by atoms with Gasteiger partial charge >= 0.3 is 41.6 Å². The van der Waals surface area contributed by atoms with Crippen molar-refractivity contribution in [2.75, 3.05) is 13.2 Å². The number of hydrogen-bond donors (Lipinski definition) is 0. The number of hydrogen-bond acceptors (Lipinski definition) is 6. The van der Waals surface area contributed by atoms with Crippen LogP contribution >= 0.6 is 0 Å². The molecule has 0 spiro atoms. The van der Waals surface area contributed by atoms with Gasteiger partial charge in [0.25, 0.3) is 0 Å². The van der Waals surface area contributed by atoms with E-state index in [4.69, 9.17) is 9.47 Å². The zero-order valence-corrected chi connectivity index (χ0v) is 18.6. The van der Waals surface area contributed by atoms with Crippen LogP contribution in [0.4, 0.5) is 4.79 Å². The molecule has 0 bridgehead atoms. The summed E-state index contributed by atoms with van der Waals surface area (Å²) in [6.07, 6.45) is -0.178. The fourth-order valence-corrected chi connectivity index (χ4v) is 3.12. The number of carbonyl (C=O) groups excluding carboxylic acids is 2. The molecule has 2 rings (SSSR count).